The van der Waals surface area contributed by atoms with E-state index < -0.39 is 0 Å². The van der Waals surface area contributed by atoms with Gasteiger partial charge in [0.25, 0.3) is 0 Å². The zero-order valence-corrected chi connectivity index (χ0v) is 9.04. The van der Waals surface area contributed by atoms with Gasteiger partial charge in [0.2, 0.25) is 0 Å². The minimum atomic E-state index is 0.286. The lowest BCUT2D eigenvalue weighted by Crippen LogP contribution is -2.59. The third-order valence-electron chi connectivity index (χ3n) is 3.33. The zero-order valence-electron chi connectivity index (χ0n) is 8.22. The summed E-state index contributed by atoms with van der Waals surface area (Å²) in [5.41, 5.74) is 6.18. The van der Waals surface area contributed by atoms with E-state index in [1.54, 1.807) is 0 Å². The molecule has 2 fully saturated rings. The molecule has 0 aromatic rings. The van der Waals surface area contributed by atoms with Gasteiger partial charge in [0.1, 0.15) is 0 Å². The molecule has 3 heteroatoms. The predicted octanol–water partition coefficient (Wildman–Crippen LogP) is 1.35. The molecule has 2 nitrogen and oxygen atoms in total. The van der Waals surface area contributed by atoms with E-state index in [-0.39, 0.29) is 5.54 Å². The third kappa shape index (κ3) is 2.20. The molecule has 1 heterocycles. The van der Waals surface area contributed by atoms with E-state index in [0.29, 0.717) is 0 Å². The Morgan fingerprint density at radius 2 is 2.23 bits per heavy atom. The minimum Gasteiger partial charge on any atom is -0.329 e. The number of rotatable bonds is 3. The molecule has 1 saturated heterocycles. The predicted molar refractivity (Wildman–Crippen MR) is 59.1 cm³/mol. The molecule has 0 spiro atoms. The van der Waals surface area contributed by atoms with Crippen molar-refractivity contribution in [2.24, 2.45) is 5.73 Å². The molecule has 0 radical (unpaired) electrons. The van der Waals surface area contributed by atoms with Crippen molar-refractivity contribution < 1.29 is 0 Å². The second-order valence-corrected chi connectivity index (χ2v) is 5.52. The summed E-state index contributed by atoms with van der Waals surface area (Å²) in [6, 6.07) is 0.780. The fourth-order valence-corrected chi connectivity index (χ4v) is 3.40. The number of hydrogen-bond donors (Lipinski definition) is 2. The van der Waals surface area contributed by atoms with Crippen molar-refractivity contribution in [3.05, 3.63) is 0 Å². The topological polar surface area (TPSA) is 38.0 Å². The van der Waals surface area contributed by atoms with Crippen molar-refractivity contribution in [3.8, 4) is 0 Å². The van der Waals surface area contributed by atoms with Crippen LogP contribution in [0.2, 0.25) is 0 Å². The van der Waals surface area contributed by atoms with E-state index in [2.05, 4.69) is 17.1 Å². The lowest BCUT2D eigenvalue weighted by atomic mass is 9.87. The second-order valence-electron chi connectivity index (χ2n) is 4.41. The largest absolute Gasteiger partial charge is 0.329 e. The van der Waals surface area contributed by atoms with Gasteiger partial charge >= 0.3 is 0 Å². The number of hydrogen-bond acceptors (Lipinski definition) is 3. The van der Waals surface area contributed by atoms with Gasteiger partial charge in [-0.2, -0.15) is 11.8 Å². The molecule has 1 saturated carbocycles. The Morgan fingerprint density at radius 3 is 2.69 bits per heavy atom. The van der Waals surface area contributed by atoms with Gasteiger partial charge in [0.15, 0.2) is 0 Å². The van der Waals surface area contributed by atoms with Crippen molar-refractivity contribution in [1.29, 1.82) is 0 Å². The maximum Gasteiger partial charge on any atom is 0.0397 e. The summed E-state index contributed by atoms with van der Waals surface area (Å²) in [6.07, 6.45) is 6.76. The number of nitrogens with one attached hydrogen (secondary N) is 1. The van der Waals surface area contributed by atoms with E-state index in [9.17, 15) is 0 Å². The van der Waals surface area contributed by atoms with E-state index in [0.717, 1.165) is 12.6 Å². The molecule has 1 atom stereocenters. The average molecular weight is 200 g/mol. The second kappa shape index (κ2) is 4.20. The fraction of sp³-hybridized carbons (Fsp3) is 1.00. The van der Waals surface area contributed by atoms with Gasteiger partial charge in [0, 0.05) is 23.9 Å². The molecule has 0 aromatic heterocycles. The standard InChI is InChI=1S/C10H20N2S/c11-7-10(5-2-6-13-8-10)12-9-3-1-4-9/h9,12H,1-8,11H2. The van der Waals surface area contributed by atoms with E-state index in [1.807, 2.05) is 0 Å². The fourth-order valence-electron chi connectivity index (χ4n) is 2.17. The smallest absolute Gasteiger partial charge is 0.0397 e. The van der Waals surface area contributed by atoms with Crippen LogP contribution in [0.3, 0.4) is 0 Å². The maximum atomic E-state index is 5.89. The summed E-state index contributed by atoms with van der Waals surface area (Å²) in [6.45, 7) is 0.816. The van der Waals surface area contributed by atoms with Crippen molar-refractivity contribution in [2.75, 3.05) is 18.1 Å². The Balaban J connectivity index is 1.88. The van der Waals surface area contributed by atoms with Gasteiger partial charge < -0.3 is 11.1 Å². The highest BCUT2D eigenvalue weighted by molar-refractivity contribution is 7.99. The van der Waals surface area contributed by atoms with Crippen molar-refractivity contribution >= 4 is 11.8 Å². The summed E-state index contributed by atoms with van der Waals surface area (Å²) in [5, 5.41) is 3.77. The van der Waals surface area contributed by atoms with Gasteiger partial charge in [-0.25, -0.2) is 0 Å². The van der Waals surface area contributed by atoms with Crippen LogP contribution in [-0.4, -0.2) is 29.6 Å². The SMILES string of the molecule is NCC1(NC2CCC2)CCCSC1. The molecule has 1 aliphatic heterocycles. The molecule has 0 aromatic carbocycles. The molecule has 1 unspecified atom stereocenters. The summed E-state index contributed by atoms with van der Waals surface area (Å²) in [5.74, 6) is 2.55. The zero-order chi connectivity index (χ0) is 9.15. The van der Waals surface area contributed by atoms with Crippen LogP contribution in [0, 0.1) is 0 Å². The molecular weight excluding hydrogens is 180 g/mol. The quantitative estimate of drug-likeness (QED) is 0.722. The van der Waals surface area contributed by atoms with Gasteiger partial charge in [-0.1, -0.05) is 6.42 Å². The Morgan fingerprint density at radius 1 is 1.38 bits per heavy atom. The van der Waals surface area contributed by atoms with Gasteiger partial charge in [0.05, 0.1) is 0 Å². The third-order valence-corrected chi connectivity index (χ3v) is 4.66. The highest BCUT2D eigenvalue weighted by Gasteiger charge is 2.34. The van der Waals surface area contributed by atoms with E-state index in [4.69, 9.17) is 5.73 Å². The monoisotopic (exact) mass is 200 g/mol. The molecule has 13 heavy (non-hydrogen) atoms. The van der Waals surface area contributed by atoms with Crippen LogP contribution in [0.1, 0.15) is 32.1 Å². The van der Waals surface area contributed by atoms with E-state index >= 15 is 0 Å². The van der Waals surface area contributed by atoms with E-state index in [1.165, 1.54) is 43.6 Å². The maximum absolute atomic E-state index is 5.89. The molecule has 76 valence electrons. The first-order valence-corrected chi connectivity index (χ1v) is 6.56. The highest BCUT2D eigenvalue weighted by atomic mass is 32.2. The normalized spacial score (nSPS) is 35.8. The average Bonchev–Trinajstić information content (AvgIpc) is 2.13. The van der Waals surface area contributed by atoms with Crippen LogP contribution in [0.15, 0.2) is 0 Å². The van der Waals surface area contributed by atoms with Gasteiger partial charge in [-0.05, 0) is 31.4 Å². The van der Waals surface area contributed by atoms with Crippen LogP contribution in [-0.2, 0) is 0 Å². The van der Waals surface area contributed by atoms with Crippen LogP contribution in [0.4, 0.5) is 0 Å². The van der Waals surface area contributed by atoms with Crippen LogP contribution in [0.25, 0.3) is 0 Å². The molecule has 2 aliphatic rings. The lowest BCUT2D eigenvalue weighted by molar-refractivity contribution is 0.232. The van der Waals surface area contributed by atoms with Crippen LogP contribution in [0.5, 0.6) is 0 Å². The Kier molecular flexibility index (Phi) is 3.17. The first-order valence-electron chi connectivity index (χ1n) is 5.40. The summed E-state index contributed by atoms with van der Waals surface area (Å²) in [4.78, 5) is 0. The summed E-state index contributed by atoms with van der Waals surface area (Å²) in [7, 11) is 0. The molecule has 3 N–H and O–H groups in total. The molecular formula is C10H20N2S. The first-order chi connectivity index (χ1) is 6.35. The molecule has 0 bridgehead atoms. The van der Waals surface area contributed by atoms with Crippen LogP contribution < -0.4 is 11.1 Å². The molecule has 0 amide bonds. The Labute approximate surface area is 85.0 Å². The molecule has 1 aliphatic carbocycles. The van der Waals surface area contributed by atoms with Crippen molar-refractivity contribution in [3.63, 3.8) is 0 Å². The lowest BCUT2D eigenvalue weighted by Gasteiger charge is -2.42. The summed E-state index contributed by atoms with van der Waals surface area (Å²) < 4.78 is 0. The summed E-state index contributed by atoms with van der Waals surface area (Å²) >= 11 is 2.06. The highest BCUT2D eigenvalue weighted by Crippen LogP contribution is 2.29. The van der Waals surface area contributed by atoms with Gasteiger partial charge in [-0.3, -0.25) is 0 Å². The van der Waals surface area contributed by atoms with Crippen molar-refractivity contribution in [1.82, 2.24) is 5.32 Å². The number of thioether (sulfide) groups is 1. The number of nitrogens with two attached hydrogens (primary N) is 1. The minimum absolute atomic E-state index is 0.286. The molecule has 2 rings (SSSR count). The van der Waals surface area contributed by atoms with Gasteiger partial charge in [-0.15, -0.1) is 0 Å². The Hall–Kier alpha value is 0.270. The first kappa shape index (κ1) is 9.81. The van der Waals surface area contributed by atoms with Crippen molar-refractivity contribution in [2.45, 2.75) is 43.7 Å². The van der Waals surface area contributed by atoms with Crippen LogP contribution >= 0.6 is 11.8 Å². The Bertz CT molecular complexity index is 162.